The molecule has 0 spiro atoms. The first-order valence-electron chi connectivity index (χ1n) is 17.4. The Labute approximate surface area is 300 Å². The molecular formula is C48H32N2S. The van der Waals surface area contributed by atoms with E-state index < -0.39 is 0 Å². The molecule has 8 aromatic carbocycles. The van der Waals surface area contributed by atoms with Crippen molar-refractivity contribution in [2.24, 2.45) is 0 Å². The predicted octanol–water partition coefficient (Wildman–Crippen LogP) is 14.0. The minimum atomic E-state index is 1.12. The van der Waals surface area contributed by atoms with Gasteiger partial charge in [-0.3, -0.25) is 0 Å². The SMILES string of the molecule is c1ccc(-c2ccc(N(c3ccccc3)c3ccc(-c4ccc5c6ccccc6n(-c6ccccc6)c5c4)c4sc5ccccc5c34)cc2)cc1. The van der Waals surface area contributed by atoms with Crippen LogP contribution in [0.4, 0.5) is 17.1 Å². The van der Waals surface area contributed by atoms with Crippen LogP contribution < -0.4 is 4.90 Å². The van der Waals surface area contributed by atoms with E-state index in [1.54, 1.807) is 0 Å². The van der Waals surface area contributed by atoms with Crippen LogP contribution in [-0.4, -0.2) is 4.57 Å². The van der Waals surface area contributed by atoms with Crippen LogP contribution in [-0.2, 0) is 0 Å². The largest absolute Gasteiger partial charge is 0.310 e. The molecule has 0 aliphatic carbocycles. The molecule has 0 saturated heterocycles. The lowest BCUT2D eigenvalue weighted by Crippen LogP contribution is -2.10. The van der Waals surface area contributed by atoms with E-state index in [0.29, 0.717) is 0 Å². The third kappa shape index (κ3) is 4.93. The normalized spacial score (nSPS) is 11.5. The molecule has 0 aliphatic heterocycles. The highest BCUT2D eigenvalue weighted by Gasteiger charge is 2.22. The first kappa shape index (κ1) is 29.5. The van der Waals surface area contributed by atoms with Crippen molar-refractivity contribution in [3.8, 4) is 27.9 Å². The van der Waals surface area contributed by atoms with Crippen molar-refractivity contribution < 1.29 is 0 Å². The third-order valence-electron chi connectivity index (χ3n) is 9.99. The molecule has 2 heterocycles. The van der Waals surface area contributed by atoms with Crippen molar-refractivity contribution >= 4 is 70.4 Å². The molecule has 3 heteroatoms. The zero-order valence-electron chi connectivity index (χ0n) is 27.8. The summed E-state index contributed by atoms with van der Waals surface area (Å²) in [6.45, 7) is 0. The topological polar surface area (TPSA) is 8.17 Å². The predicted molar refractivity (Wildman–Crippen MR) is 219 cm³/mol. The first-order chi connectivity index (χ1) is 25.3. The van der Waals surface area contributed by atoms with Gasteiger partial charge in [0.2, 0.25) is 0 Å². The zero-order valence-corrected chi connectivity index (χ0v) is 28.6. The number of benzene rings is 8. The van der Waals surface area contributed by atoms with Crippen molar-refractivity contribution in [2.75, 3.05) is 4.90 Å². The molecule has 2 nitrogen and oxygen atoms in total. The molecule has 0 N–H and O–H groups in total. The minimum absolute atomic E-state index is 1.12. The number of anilines is 3. The van der Waals surface area contributed by atoms with E-state index in [9.17, 15) is 0 Å². The summed E-state index contributed by atoms with van der Waals surface area (Å²) >= 11 is 1.88. The number of aromatic nitrogens is 1. The van der Waals surface area contributed by atoms with Gasteiger partial charge in [-0.2, -0.15) is 0 Å². The molecule has 51 heavy (non-hydrogen) atoms. The number of hydrogen-bond donors (Lipinski definition) is 0. The molecule has 0 atom stereocenters. The van der Waals surface area contributed by atoms with Gasteiger partial charge in [0, 0.05) is 48.0 Å². The molecule has 0 amide bonds. The van der Waals surface area contributed by atoms with Crippen LogP contribution in [0.1, 0.15) is 0 Å². The van der Waals surface area contributed by atoms with Gasteiger partial charge in [-0.25, -0.2) is 0 Å². The second-order valence-electron chi connectivity index (χ2n) is 12.9. The summed E-state index contributed by atoms with van der Waals surface area (Å²) < 4.78 is 4.98. The second kappa shape index (κ2) is 12.2. The minimum Gasteiger partial charge on any atom is -0.310 e. The van der Waals surface area contributed by atoms with Crippen LogP contribution in [0.2, 0.25) is 0 Å². The van der Waals surface area contributed by atoms with Gasteiger partial charge in [0.15, 0.2) is 0 Å². The number of hydrogen-bond acceptors (Lipinski definition) is 2. The van der Waals surface area contributed by atoms with E-state index in [-0.39, 0.29) is 0 Å². The standard InChI is InChI=1S/C48H32N2S/c1-4-14-33(15-5-1)34-24-27-38(28-25-34)49(36-16-6-2-7-17-36)44-31-30-39(48-47(44)42-21-11-13-23-46(42)51-48)35-26-29-41-40-20-10-12-22-43(40)50(45(41)32-35)37-18-8-3-9-19-37/h1-32H. The van der Waals surface area contributed by atoms with Crippen molar-refractivity contribution in [3.05, 3.63) is 194 Å². The van der Waals surface area contributed by atoms with Crippen LogP contribution in [0, 0.1) is 0 Å². The second-order valence-corrected chi connectivity index (χ2v) is 14.0. The maximum Gasteiger partial charge on any atom is 0.0555 e. The van der Waals surface area contributed by atoms with Crippen LogP contribution >= 0.6 is 11.3 Å². The van der Waals surface area contributed by atoms with E-state index in [1.165, 1.54) is 75.6 Å². The van der Waals surface area contributed by atoms with E-state index in [4.69, 9.17) is 0 Å². The summed E-state index contributed by atoms with van der Waals surface area (Å²) in [5.74, 6) is 0. The maximum atomic E-state index is 2.41. The Hall–Kier alpha value is -6.42. The highest BCUT2D eigenvalue weighted by molar-refractivity contribution is 7.26. The Kier molecular flexibility index (Phi) is 7.04. The van der Waals surface area contributed by atoms with Crippen LogP contribution in [0.3, 0.4) is 0 Å². The van der Waals surface area contributed by atoms with Crippen molar-refractivity contribution in [1.82, 2.24) is 4.57 Å². The quantitative estimate of drug-likeness (QED) is 0.171. The summed E-state index contributed by atoms with van der Waals surface area (Å²) in [7, 11) is 0. The number of thiophene rings is 1. The lowest BCUT2D eigenvalue weighted by atomic mass is 9.99. The van der Waals surface area contributed by atoms with E-state index in [2.05, 4.69) is 204 Å². The number of nitrogens with zero attached hydrogens (tertiary/aromatic N) is 2. The molecule has 10 rings (SSSR count). The fraction of sp³-hybridized carbons (Fsp3) is 0. The summed E-state index contributed by atoms with van der Waals surface area (Å²) in [5, 5.41) is 5.07. The van der Waals surface area contributed by atoms with E-state index in [1.807, 2.05) is 11.3 Å². The molecule has 10 aromatic rings. The zero-order chi connectivity index (χ0) is 33.7. The summed E-state index contributed by atoms with van der Waals surface area (Å²) in [5.41, 5.74) is 11.9. The summed E-state index contributed by atoms with van der Waals surface area (Å²) in [6, 6.07) is 70.3. The Morgan fingerprint density at radius 3 is 1.78 bits per heavy atom. The molecule has 0 saturated carbocycles. The lowest BCUT2D eigenvalue weighted by Gasteiger charge is -2.27. The average molecular weight is 669 g/mol. The number of para-hydroxylation sites is 3. The Morgan fingerprint density at radius 2 is 1.00 bits per heavy atom. The van der Waals surface area contributed by atoms with E-state index in [0.717, 1.165) is 11.4 Å². The van der Waals surface area contributed by atoms with Crippen LogP contribution in [0.5, 0.6) is 0 Å². The van der Waals surface area contributed by atoms with Crippen LogP contribution in [0.15, 0.2) is 194 Å². The highest BCUT2D eigenvalue weighted by atomic mass is 32.1. The molecular weight excluding hydrogens is 637 g/mol. The van der Waals surface area contributed by atoms with Gasteiger partial charge in [0.05, 0.1) is 16.7 Å². The van der Waals surface area contributed by atoms with Gasteiger partial charge in [-0.05, 0) is 82.9 Å². The van der Waals surface area contributed by atoms with Gasteiger partial charge < -0.3 is 9.47 Å². The summed E-state index contributed by atoms with van der Waals surface area (Å²) in [4.78, 5) is 2.41. The molecule has 2 aromatic heterocycles. The van der Waals surface area contributed by atoms with Crippen molar-refractivity contribution in [3.63, 3.8) is 0 Å². The maximum absolute atomic E-state index is 2.41. The molecule has 0 aliphatic rings. The Morgan fingerprint density at radius 1 is 0.412 bits per heavy atom. The lowest BCUT2D eigenvalue weighted by molar-refractivity contribution is 1.18. The molecule has 0 bridgehead atoms. The fourth-order valence-electron chi connectivity index (χ4n) is 7.66. The Balaban J connectivity index is 1.20. The number of fused-ring (bicyclic) bond motifs is 6. The molecule has 0 radical (unpaired) electrons. The van der Waals surface area contributed by atoms with Gasteiger partial charge >= 0.3 is 0 Å². The molecule has 0 fully saturated rings. The summed E-state index contributed by atoms with van der Waals surface area (Å²) in [6.07, 6.45) is 0. The van der Waals surface area contributed by atoms with Gasteiger partial charge in [-0.15, -0.1) is 11.3 Å². The average Bonchev–Trinajstić information content (AvgIpc) is 3.76. The molecule has 0 unspecified atom stereocenters. The first-order valence-corrected chi connectivity index (χ1v) is 18.2. The molecule has 240 valence electrons. The fourth-order valence-corrected chi connectivity index (χ4v) is 8.91. The smallest absolute Gasteiger partial charge is 0.0555 e. The highest BCUT2D eigenvalue weighted by Crippen LogP contribution is 2.49. The van der Waals surface area contributed by atoms with E-state index >= 15 is 0 Å². The Bertz CT molecular complexity index is 2830. The third-order valence-corrected chi connectivity index (χ3v) is 11.2. The van der Waals surface area contributed by atoms with Gasteiger partial charge in [-0.1, -0.05) is 133 Å². The van der Waals surface area contributed by atoms with Crippen LogP contribution in [0.25, 0.3) is 69.9 Å². The van der Waals surface area contributed by atoms with Gasteiger partial charge in [0.25, 0.3) is 0 Å². The van der Waals surface area contributed by atoms with Crippen molar-refractivity contribution in [1.29, 1.82) is 0 Å². The monoisotopic (exact) mass is 668 g/mol. The van der Waals surface area contributed by atoms with Gasteiger partial charge in [0.1, 0.15) is 0 Å². The van der Waals surface area contributed by atoms with Crippen molar-refractivity contribution in [2.45, 2.75) is 0 Å². The number of rotatable bonds is 6.